The van der Waals surface area contributed by atoms with Crippen molar-refractivity contribution in [1.29, 1.82) is 0 Å². The topological polar surface area (TPSA) is 39.1 Å². The fraction of sp³-hybridized carbons (Fsp3) is 0.400. The summed E-state index contributed by atoms with van der Waals surface area (Å²) in [5, 5.41) is 3.19. The molecule has 1 aromatic carbocycles. The minimum atomic E-state index is 0.808. The van der Waals surface area contributed by atoms with Gasteiger partial charge in [0.1, 0.15) is 11.6 Å². The number of hydrogen-bond acceptors (Lipinski definition) is 3. The third-order valence-electron chi connectivity index (χ3n) is 3.64. The van der Waals surface area contributed by atoms with Crippen LogP contribution in [0.25, 0.3) is 11.3 Å². The Labute approximate surface area is 113 Å². The molecule has 19 heavy (non-hydrogen) atoms. The molecule has 4 nitrogen and oxygen atoms in total. The van der Waals surface area contributed by atoms with Gasteiger partial charge in [0.15, 0.2) is 0 Å². The van der Waals surface area contributed by atoms with Crippen molar-refractivity contribution in [2.45, 2.75) is 25.9 Å². The minimum absolute atomic E-state index is 0.808. The highest BCUT2D eigenvalue weighted by atomic mass is 16.5. The number of benzene rings is 1. The summed E-state index contributed by atoms with van der Waals surface area (Å²) in [6, 6.07) is 8.11. The van der Waals surface area contributed by atoms with Gasteiger partial charge in [-0.25, -0.2) is 4.98 Å². The Kier molecular flexibility index (Phi) is 3.25. The molecule has 0 saturated heterocycles. The fourth-order valence-corrected chi connectivity index (χ4v) is 2.81. The molecule has 2 aromatic rings. The number of methoxy groups -OCH3 is 1. The Morgan fingerprint density at radius 2 is 2.21 bits per heavy atom. The Morgan fingerprint density at radius 3 is 3.00 bits per heavy atom. The van der Waals surface area contributed by atoms with Crippen LogP contribution in [0.2, 0.25) is 0 Å². The van der Waals surface area contributed by atoms with Crippen molar-refractivity contribution in [3.05, 3.63) is 35.8 Å². The monoisotopic (exact) mass is 257 g/mol. The maximum atomic E-state index is 5.46. The lowest BCUT2D eigenvalue weighted by molar-refractivity contribution is 0.416. The highest BCUT2D eigenvalue weighted by Crippen LogP contribution is 2.34. The third kappa shape index (κ3) is 2.02. The standard InChI is InChI=1S/C15H19N3O/c1-16-10-14-17-15(12-7-5-9-18(12)14)11-6-3-4-8-13(11)19-2/h3-4,6,8,16H,5,7,9-10H2,1-2H3. The summed E-state index contributed by atoms with van der Waals surface area (Å²) >= 11 is 0. The third-order valence-corrected chi connectivity index (χ3v) is 3.64. The molecule has 1 aromatic heterocycles. The van der Waals surface area contributed by atoms with Crippen molar-refractivity contribution in [3.63, 3.8) is 0 Å². The van der Waals surface area contributed by atoms with Crippen LogP contribution in [-0.2, 0) is 19.5 Å². The smallest absolute Gasteiger partial charge is 0.128 e. The highest BCUT2D eigenvalue weighted by Gasteiger charge is 2.23. The van der Waals surface area contributed by atoms with Crippen molar-refractivity contribution in [2.24, 2.45) is 0 Å². The summed E-state index contributed by atoms with van der Waals surface area (Å²) in [6.45, 7) is 1.89. The molecule has 0 radical (unpaired) electrons. The second-order valence-electron chi connectivity index (χ2n) is 4.81. The molecular formula is C15H19N3O. The summed E-state index contributed by atoms with van der Waals surface area (Å²) in [6.07, 6.45) is 2.31. The van der Waals surface area contributed by atoms with E-state index in [0.29, 0.717) is 0 Å². The van der Waals surface area contributed by atoms with Crippen LogP contribution in [0.1, 0.15) is 17.9 Å². The molecule has 0 aliphatic carbocycles. The Balaban J connectivity index is 2.12. The first-order chi connectivity index (χ1) is 9.35. The molecule has 2 heterocycles. The van der Waals surface area contributed by atoms with E-state index in [1.807, 2.05) is 25.2 Å². The van der Waals surface area contributed by atoms with Crippen LogP contribution < -0.4 is 10.1 Å². The van der Waals surface area contributed by atoms with E-state index in [0.717, 1.165) is 42.3 Å². The highest BCUT2D eigenvalue weighted by molar-refractivity contribution is 5.70. The first kappa shape index (κ1) is 12.2. The molecule has 0 atom stereocenters. The van der Waals surface area contributed by atoms with Gasteiger partial charge in [0.2, 0.25) is 0 Å². The van der Waals surface area contributed by atoms with E-state index >= 15 is 0 Å². The van der Waals surface area contributed by atoms with Gasteiger partial charge in [-0.15, -0.1) is 0 Å². The van der Waals surface area contributed by atoms with E-state index < -0.39 is 0 Å². The molecular weight excluding hydrogens is 238 g/mol. The van der Waals surface area contributed by atoms with E-state index in [1.54, 1.807) is 7.11 Å². The second-order valence-corrected chi connectivity index (χ2v) is 4.81. The average molecular weight is 257 g/mol. The molecule has 3 rings (SSSR count). The SMILES string of the molecule is CNCc1nc(-c2ccccc2OC)c2n1CCC2. The first-order valence-electron chi connectivity index (χ1n) is 6.71. The molecule has 0 amide bonds. The predicted molar refractivity (Wildman–Crippen MR) is 75.3 cm³/mol. The zero-order valence-corrected chi connectivity index (χ0v) is 11.4. The van der Waals surface area contributed by atoms with Gasteiger partial charge in [0.05, 0.1) is 19.3 Å². The molecule has 4 heteroatoms. The number of rotatable bonds is 4. The van der Waals surface area contributed by atoms with E-state index in [4.69, 9.17) is 9.72 Å². The minimum Gasteiger partial charge on any atom is -0.496 e. The van der Waals surface area contributed by atoms with Gasteiger partial charge in [-0.05, 0) is 32.0 Å². The number of imidazole rings is 1. The van der Waals surface area contributed by atoms with Crippen LogP contribution in [0.5, 0.6) is 5.75 Å². The van der Waals surface area contributed by atoms with Crippen LogP contribution in [0, 0.1) is 0 Å². The maximum Gasteiger partial charge on any atom is 0.128 e. The van der Waals surface area contributed by atoms with E-state index in [1.165, 1.54) is 12.1 Å². The molecule has 0 fully saturated rings. The van der Waals surface area contributed by atoms with Crippen LogP contribution in [-0.4, -0.2) is 23.7 Å². The number of nitrogens with one attached hydrogen (secondary N) is 1. The normalized spacial score (nSPS) is 13.6. The van der Waals surface area contributed by atoms with Gasteiger partial charge in [0.25, 0.3) is 0 Å². The Bertz CT molecular complexity index is 589. The first-order valence-corrected chi connectivity index (χ1v) is 6.71. The molecule has 1 aliphatic heterocycles. The summed E-state index contributed by atoms with van der Waals surface area (Å²) in [5.74, 6) is 2.02. The van der Waals surface area contributed by atoms with Gasteiger partial charge >= 0.3 is 0 Å². The average Bonchev–Trinajstić information content (AvgIpc) is 3.03. The van der Waals surface area contributed by atoms with Crippen LogP contribution >= 0.6 is 0 Å². The number of hydrogen-bond donors (Lipinski definition) is 1. The van der Waals surface area contributed by atoms with E-state index in [2.05, 4.69) is 16.0 Å². The van der Waals surface area contributed by atoms with Crippen molar-refractivity contribution < 1.29 is 4.74 Å². The molecule has 0 bridgehead atoms. The zero-order valence-electron chi connectivity index (χ0n) is 11.4. The second kappa shape index (κ2) is 5.05. The van der Waals surface area contributed by atoms with Gasteiger partial charge in [0, 0.05) is 17.8 Å². The van der Waals surface area contributed by atoms with Gasteiger partial charge in [-0.3, -0.25) is 0 Å². The quantitative estimate of drug-likeness (QED) is 0.913. The number of nitrogens with zero attached hydrogens (tertiary/aromatic N) is 2. The molecule has 0 saturated carbocycles. The molecule has 0 unspecified atom stereocenters. The summed E-state index contributed by atoms with van der Waals surface area (Å²) in [7, 11) is 3.67. The molecule has 1 N–H and O–H groups in total. The number of aromatic nitrogens is 2. The zero-order chi connectivity index (χ0) is 13.2. The van der Waals surface area contributed by atoms with Crippen LogP contribution in [0.15, 0.2) is 24.3 Å². The van der Waals surface area contributed by atoms with Crippen molar-refractivity contribution in [2.75, 3.05) is 14.2 Å². The van der Waals surface area contributed by atoms with Crippen molar-refractivity contribution >= 4 is 0 Å². The lowest BCUT2D eigenvalue weighted by Crippen LogP contribution is -2.11. The Morgan fingerprint density at radius 1 is 1.37 bits per heavy atom. The molecule has 100 valence electrons. The molecule has 1 aliphatic rings. The Hall–Kier alpha value is -1.81. The van der Waals surface area contributed by atoms with Gasteiger partial charge in [-0.1, -0.05) is 12.1 Å². The molecule has 0 spiro atoms. The maximum absolute atomic E-state index is 5.46. The summed E-state index contributed by atoms with van der Waals surface area (Å²) in [5.41, 5.74) is 3.52. The fourth-order valence-electron chi connectivity index (χ4n) is 2.81. The van der Waals surface area contributed by atoms with Crippen molar-refractivity contribution in [3.8, 4) is 17.0 Å². The largest absolute Gasteiger partial charge is 0.496 e. The van der Waals surface area contributed by atoms with Crippen LogP contribution in [0.4, 0.5) is 0 Å². The predicted octanol–water partition coefficient (Wildman–Crippen LogP) is 2.22. The number of para-hydroxylation sites is 1. The number of fused-ring (bicyclic) bond motifs is 1. The lowest BCUT2D eigenvalue weighted by Gasteiger charge is -2.06. The van der Waals surface area contributed by atoms with Crippen LogP contribution in [0.3, 0.4) is 0 Å². The van der Waals surface area contributed by atoms with Crippen molar-refractivity contribution in [1.82, 2.24) is 14.9 Å². The van der Waals surface area contributed by atoms with E-state index in [-0.39, 0.29) is 0 Å². The lowest BCUT2D eigenvalue weighted by atomic mass is 10.1. The van der Waals surface area contributed by atoms with E-state index in [9.17, 15) is 0 Å². The van der Waals surface area contributed by atoms with Gasteiger partial charge in [-0.2, -0.15) is 0 Å². The van der Waals surface area contributed by atoms with Gasteiger partial charge < -0.3 is 14.6 Å². The number of ether oxygens (including phenoxy) is 1. The summed E-state index contributed by atoms with van der Waals surface area (Å²) in [4.78, 5) is 4.82. The summed E-state index contributed by atoms with van der Waals surface area (Å²) < 4.78 is 7.81.